The van der Waals surface area contributed by atoms with Gasteiger partial charge in [0.15, 0.2) is 11.8 Å². The summed E-state index contributed by atoms with van der Waals surface area (Å²) in [5.41, 5.74) is -4.06. The number of carbonyl (C=O) groups is 1. The van der Waals surface area contributed by atoms with E-state index in [1.54, 1.807) is 32.0 Å². The van der Waals surface area contributed by atoms with Crippen molar-refractivity contribution in [1.82, 2.24) is 14.6 Å². The number of benzene rings is 1. The largest absolute Gasteiger partial charge is 0.462 e. The van der Waals surface area contributed by atoms with Crippen LogP contribution in [0.2, 0.25) is 0 Å². The van der Waals surface area contributed by atoms with E-state index in [-0.39, 0.29) is 5.75 Å². The first kappa shape index (κ1) is 28.3. The number of aromatic amines is 1. The van der Waals surface area contributed by atoms with Gasteiger partial charge in [0.2, 0.25) is 0 Å². The van der Waals surface area contributed by atoms with E-state index in [0.717, 1.165) is 16.8 Å². The van der Waals surface area contributed by atoms with Crippen molar-refractivity contribution >= 4 is 13.7 Å². The lowest BCUT2D eigenvalue weighted by molar-refractivity contribution is -0.149. The highest BCUT2D eigenvalue weighted by Crippen LogP contribution is 2.46. The molecule has 0 amide bonds. The van der Waals surface area contributed by atoms with Gasteiger partial charge < -0.3 is 24.2 Å². The number of nitrogens with one attached hydrogen (secondary N) is 2. The second kappa shape index (κ2) is 11.4. The number of ether oxygens (including phenoxy) is 2. The quantitative estimate of drug-likeness (QED) is 0.186. The SMILES string of the molecule is C#C[C@@]1(O)[C@H](O)C(COP(=O)(N[C@@H](C)C(=O)OC(C)C)Oc2ccccc2)O[C@H]1n1ccc(=O)[nH]c1=O. The van der Waals surface area contributed by atoms with Crippen molar-refractivity contribution < 1.29 is 38.1 Å². The molecule has 0 aliphatic carbocycles. The molecule has 0 radical (unpaired) electrons. The van der Waals surface area contributed by atoms with Crippen LogP contribution in [-0.2, 0) is 23.4 Å². The van der Waals surface area contributed by atoms with Crippen LogP contribution in [0.4, 0.5) is 0 Å². The number of aliphatic hydroxyl groups is 2. The highest BCUT2D eigenvalue weighted by molar-refractivity contribution is 7.52. The van der Waals surface area contributed by atoms with Gasteiger partial charge in [0.1, 0.15) is 24.0 Å². The summed E-state index contributed by atoms with van der Waals surface area (Å²) in [5.74, 6) is 1.44. The topological polar surface area (TPSA) is 178 Å². The first-order valence-corrected chi connectivity index (χ1v) is 12.8. The molecule has 1 aromatic heterocycles. The van der Waals surface area contributed by atoms with E-state index in [1.165, 1.54) is 19.1 Å². The van der Waals surface area contributed by atoms with E-state index in [0.29, 0.717) is 0 Å². The van der Waals surface area contributed by atoms with Gasteiger partial charge >= 0.3 is 19.4 Å². The van der Waals surface area contributed by atoms with E-state index in [1.807, 2.05) is 10.9 Å². The van der Waals surface area contributed by atoms with E-state index >= 15 is 0 Å². The van der Waals surface area contributed by atoms with Gasteiger partial charge in [0.25, 0.3) is 5.56 Å². The number of nitrogens with zero attached hydrogens (tertiary/aromatic N) is 1. The number of terminal acetylenes is 1. The van der Waals surface area contributed by atoms with Crippen molar-refractivity contribution in [3.8, 4) is 18.1 Å². The fourth-order valence-electron chi connectivity index (χ4n) is 3.46. The lowest BCUT2D eigenvalue weighted by Crippen LogP contribution is -2.48. The lowest BCUT2D eigenvalue weighted by Gasteiger charge is -2.26. The monoisotopic (exact) mass is 537 g/mol. The number of para-hydroxylation sites is 1. The zero-order valence-electron chi connectivity index (χ0n) is 20.3. The molecule has 0 bridgehead atoms. The number of esters is 1. The Kier molecular flexibility index (Phi) is 8.76. The lowest BCUT2D eigenvalue weighted by atomic mass is 9.95. The first-order valence-electron chi connectivity index (χ1n) is 11.2. The Bertz CT molecular complexity index is 1300. The van der Waals surface area contributed by atoms with Crippen molar-refractivity contribution in [2.45, 2.75) is 57.0 Å². The first-order chi connectivity index (χ1) is 17.4. The van der Waals surface area contributed by atoms with Gasteiger partial charge in [0, 0.05) is 12.3 Å². The van der Waals surface area contributed by atoms with Crippen molar-refractivity contribution in [1.29, 1.82) is 0 Å². The van der Waals surface area contributed by atoms with E-state index in [2.05, 4.69) is 5.09 Å². The maximum Gasteiger partial charge on any atom is 0.459 e. The predicted octanol–water partition coefficient (Wildman–Crippen LogP) is 0.293. The van der Waals surface area contributed by atoms with Crippen LogP contribution >= 0.6 is 7.75 Å². The molecule has 1 aliphatic rings. The van der Waals surface area contributed by atoms with Crippen LogP contribution < -0.4 is 20.9 Å². The Morgan fingerprint density at radius 1 is 1.30 bits per heavy atom. The minimum Gasteiger partial charge on any atom is -0.462 e. The van der Waals surface area contributed by atoms with Crippen molar-refractivity contribution in [3.63, 3.8) is 0 Å². The molecule has 1 aliphatic heterocycles. The van der Waals surface area contributed by atoms with Gasteiger partial charge in [0.05, 0.1) is 12.7 Å². The fraction of sp³-hybridized carbons (Fsp3) is 0.435. The Labute approximate surface area is 211 Å². The second-order valence-electron chi connectivity index (χ2n) is 8.49. The number of hydrogen-bond acceptors (Lipinski definition) is 10. The molecule has 37 heavy (non-hydrogen) atoms. The average Bonchev–Trinajstić information content (AvgIpc) is 3.08. The summed E-state index contributed by atoms with van der Waals surface area (Å²) in [6, 6.07) is 7.84. The predicted molar refractivity (Wildman–Crippen MR) is 129 cm³/mol. The maximum atomic E-state index is 13.6. The Morgan fingerprint density at radius 3 is 2.57 bits per heavy atom. The summed E-state index contributed by atoms with van der Waals surface area (Å²) in [7, 11) is -4.32. The number of hydrogen-bond donors (Lipinski definition) is 4. The van der Waals surface area contributed by atoms with Gasteiger partial charge in [-0.05, 0) is 32.9 Å². The van der Waals surface area contributed by atoms with Crippen molar-refractivity contribution in [2.75, 3.05) is 6.61 Å². The zero-order chi connectivity index (χ0) is 27.4. The van der Waals surface area contributed by atoms with Crippen molar-refractivity contribution in [3.05, 3.63) is 63.4 Å². The third-order valence-electron chi connectivity index (χ3n) is 5.25. The van der Waals surface area contributed by atoms with Crippen LogP contribution in [0.25, 0.3) is 0 Å². The molecule has 1 saturated heterocycles. The smallest absolute Gasteiger partial charge is 0.459 e. The van der Waals surface area contributed by atoms with Gasteiger partial charge in [-0.25, -0.2) is 9.36 Å². The Balaban J connectivity index is 1.84. The molecule has 14 heteroatoms. The molecule has 0 spiro atoms. The number of aliphatic hydroxyl groups excluding tert-OH is 1. The van der Waals surface area contributed by atoms with Crippen LogP contribution in [0.5, 0.6) is 5.75 Å². The highest BCUT2D eigenvalue weighted by atomic mass is 31.2. The van der Waals surface area contributed by atoms with Crippen LogP contribution in [0.3, 0.4) is 0 Å². The molecule has 2 unspecified atom stereocenters. The average molecular weight is 537 g/mol. The molecule has 2 aromatic rings. The van der Waals surface area contributed by atoms with E-state index < -0.39 is 67.8 Å². The third-order valence-corrected chi connectivity index (χ3v) is 6.90. The van der Waals surface area contributed by atoms with Crippen LogP contribution in [0, 0.1) is 12.3 Å². The molecule has 1 aromatic carbocycles. The molecule has 13 nitrogen and oxygen atoms in total. The zero-order valence-corrected chi connectivity index (χ0v) is 21.2. The molecule has 3 rings (SSSR count). The van der Waals surface area contributed by atoms with E-state index in [9.17, 15) is 29.2 Å². The summed E-state index contributed by atoms with van der Waals surface area (Å²) >= 11 is 0. The molecule has 6 atom stereocenters. The number of rotatable bonds is 10. The van der Waals surface area contributed by atoms with Gasteiger partial charge in [-0.3, -0.25) is 23.7 Å². The molecule has 0 saturated carbocycles. The second-order valence-corrected chi connectivity index (χ2v) is 10.2. The molecule has 4 N–H and O–H groups in total. The molecular formula is C23H28N3O10P. The summed E-state index contributed by atoms with van der Waals surface area (Å²) in [5, 5.41) is 24.1. The number of carbonyl (C=O) groups excluding carboxylic acids is 1. The summed E-state index contributed by atoms with van der Waals surface area (Å²) in [4.78, 5) is 37.9. The van der Waals surface area contributed by atoms with Crippen molar-refractivity contribution in [2.24, 2.45) is 0 Å². The third kappa shape index (κ3) is 6.56. The fourth-order valence-corrected chi connectivity index (χ4v) is 4.96. The Morgan fingerprint density at radius 2 is 1.97 bits per heavy atom. The molecular weight excluding hydrogens is 509 g/mol. The summed E-state index contributed by atoms with van der Waals surface area (Å²) < 4.78 is 36.2. The summed E-state index contributed by atoms with van der Waals surface area (Å²) in [6.07, 6.45) is 1.22. The standard InChI is InChI=1S/C23H28N3O10P/c1-5-23(31)19(28)17(35-21(23)26-12-11-18(27)24-22(26)30)13-33-37(32,36-16-9-7-6-8-10-16)25-15(4)20(29)34-14(2)3/h1,6-12,14-15,17,19,21,28,31H,13H2,2-4H3,(H,25,32)(H,24,27,30)/t15-,17?,19+,21+,23+,37?/m0/s1. The minimum atomic E-state index is -4.32. The number of aromatic nitrogens is 2. The van der Waals surface area contributed by atoms with Gasteiger partial charge in [-0.15, -0.1) is 6.42 Å². The molecule has 1 fully saturated rings. The molecule has 200 valence electrons. The van der Waals surface area contributed by atoms with E-state index in [4.69, 9.17) is 24.9 Å². The summed E-state index contributed by atoms with van der Waals surface area (Å²) in [6.45, 7) is 4.04. The number of H-pyrrole nitrogens is 1. The maximum absolute atomic E-state index is 13.6. The van der Waals surface area contributed by atoms with Gasteiger partial charge in [-0.2, -0.15) is 5.09 Å². The highest BCUT2D eigenvalue weighted by Gasteiger charge is 2.56. The normalized spacial score (nSPS) is 25.7. The van der Waals surface area contributed by atoms with Crippen LogP contribution in [-0.4, -0.2) is 62.3 Å². The minimum absolute atomic E-state index is 0.147. The van der Waals surface area contributed by atoms with Crippen LogP contribution in [0.1, 0.15) is 27.0 Å². The van der Waals surface area contributed by atoms with Crippen LogP contribution in [0.15, 0.2) is 52.2 Å². The molecule has 2 heterocycles. The Hall–Kier alpha value is -3.24. The van der Waals surface area contributed by atoms with Gasteiger partial charge in [-0.1, -0.05) is 24.1 Å².